The van der Waals surface area contributed by atoms with E-state index >= 15 is 0 Å². The van der Waals surface area contributed by atoms with Gasteiger partial charge in [-0.2, -0.15) is 0 Å². The van der Waals surface area contributed by atoms with Crippen LogP contribution in [-0.2, 0) is 10.0 Å². The van der Waals surface area contributed by atoms with Crippen molar-refractivity contribution in [2.24, 2.45) is 0 Å². The van der Waals surface area contributed by atoms with Crippen molar-refractivity contribution in [2.75, 3.05) is 30.7 Å². The lowest BCUT2D eigenvalue weighted by Gasteiger charge is -2.14. The first-order chi connectivity index (χ1) is 15.3. The molecule has 3 aromatic carbocycles. The maximum Gasteiger partial charge on any atom is 0.229 e. The van der Waals surface area contributed by atoms with Crippen LogP contribution in [0.1, 0.15) is 11.7 Å². The quantitative estimate of drug-likeness (QED) is 0.264. The van der Waals surface area contributed by atoms with Crippen LogP contribution in [0.5, 0.6) is 5.75 Å². The number of anilines is 1. The van der Waals surface area contributed by atoms with Gasteiger partial charge in [-0.05, 0) is 35.9 Å². The lowest BCUT2D eigenvalue weighted by Crippen LogP contribution is -2.26. The molecule has 1 aromatic heterocycles. The molecule has 1 atom stereocenters. The molecule has 0 bridgehead atoms. The number of halogens is 2. The topological polar surface area (TPSA) is 103 Å². The molecule has 0 aliphatic carbocycles. The summed E-state index contributed by atoms with van der Waals surface area (Å²) in [6, 6.07) is 17.8. The second-order valence-corrected chi connectivity index (χ2v) is 9.31. The summed E-state index contributed by atoms with van der Waals surface area (Å²) in [5, 5.41) is 15.7. The first-order valence-corrected chi connectivity index (χ1v) is 12.0. The molecule has 0 unspecified atom stereocenters. The Hall–Kier alpha value is -2.85. The van der Waals surface area contributed by atoms with E-state index < -0.39 is 21.9 Å². The fourth-order valence-electron chi connectivity index (χ4n) is 3.55. The number of sulfonamides is 1. The van der Waals surface area contributed by atoms with Crippen LogP contribution in [-0.4, -0.2) is 44.5 Å². The number of aliphatic hydroxyl groups is 1. The Morgan fingerprint density at radius 1 is 1.06 bits per heavy atom. The number of nitrogens with one attached hydrogen (secondary N) is 3. The van der Waals surface area contributed by atoms with Gasteiger partial charge in [0.25, 0.3) is 0 Å². The molecule has 4 aromatic rings. The van der Waals surface area contributed by atoms with Crippen LogP contribution in [0.3, 0.4) is 0 Å². The molecule has 1 heterocycles. The highest BCUT2D eigenvalue weighted by Gasteiger charge is 2.13. The van der Waals surface area contributed by atoms with Crippen molar-refractivity contribution in [1.29, 1.82) is 0 Å². The number of rotatable bonds is 9. The smallest absolute Gasteiger partial charge is 0.229 e. The maximum absolute atomic E-state index is 13.8. The zero-order valence-electron chi connectivity index (χ0n) is 17.8. The lowest BCUT2D eigenvalue weighted by atomic mass is 10.1. The maximum atomic E-state index is 13.8. The van der Waals surface area contributed by atoms with Crippen molar-refractivity contribution < 1.29 is 22.7 Å². The second kappa shape index (κ2) is 10.4. The molecule has 0 saturated carbocycles. The molecule has 10 heteroatoms. The van der Waals surface area contributed by atoms with Gasteiger partial charge in [-0.1, -0.05) is 24.3 Å². The Bertz CT molecular complexity index is 1360. The second-order valence-electron chi connectivity index (χ2n) is 7.56. The number of fused-ring (bicyclic) bond motifs is 3. The van der Waals surface area contributed by atoms with Crippen LogP contribution in [0, 0.1) is 5.82 Å². The summed E-state index contributed by atoms with van der Waals surface area (Å²) in [5.41, 5.74) is 2.28. The highest BCUT2D eigenvalue weighted by atomic mass is 35.5. The Kier molecular flexibility index (Phi) is 7.80. The summed E-state index contributed by atoms with van der Waals surface area (Å²) in [5.74, 6) is 0.0288. The van der Waals surface area contributed by atoms with Gasteiger partial charge in [0.15, 0.2) is 0 Å². The van der Waals surface area contributed by atoms with Crippen LogP contribution < -0.4 is 14.8 Å². The summed E-state index contributed by atoms with van der Waals surface area (Å²) in [6.45, 7) is 1.08. The summed E-state index contributed by atoms with van der Waals surface area (Å²) >= 11 is 0. The molecule has 176 valence electrons. The van der Waals surface area contributed by atoms with Crippen LogP contribution in [0.2, 0.25) is 0 Å². The molecule has 7 nitrogen and oxygen atoms in total. The molecule has 33 heavy (non-hydrogen) atoms. The zero-order chi connectivity index (χ0) is 22.7. The largest absolute Gasteiger partial charge is 0.492 e. The van der Waals surface area contributed by atoms with Gasteiger partial charge in [-0.25, -0.2) is 12.8 Å². The van der Waals surface area contributed by atoms with Gasteiger partial charge in [0.1, 0.15) is 18.2 Å². The average molecular weight is 494 g/mol. The van der Waals surface area contributed by atoms with Crippen molar-refractivity contribution in [3.63, 3.8) is 0 Å². The van der Waals surface area contributed by atoms with Crippen molar-refractivity contribution in [3.8, 4) is 5.75 Å². The number of benzene rings is 3. The summed E-state index contributed by atoms with van der Waals surface area (Å²) < 4.78 is 44.4. The number of hydrogen-bond acceptors (Lipinski definition) is 5. The minimum Gasteiger partial charge on any atom is -0.492 e. The monoisotopic (exact) mass is 493 g/mol. The van der Waals surface area contributed by atoms with E-state index in [-0.39, 0.29) is 24.6 Å². The van der Waals surface area contributed by atoms with E-state index in [0.717, 1.165) is 34.5 Å². The highest BCUT2D eigenvalue weighted by Crippen LogP contribution is 2.28. The molecule has 0 amide bonds. The predicted octanol–water partition coefficient (Wildman–Crippen LogP) is 3.96. The van der Waals surface area contributed by atoms with E-state index in [1.165, 1.54) is 17.5 Å². The molecular weight excluding hydrogens is 469 g/mol. The van der Waals surface area contributed by atoms with E-state index in [9.17, 15) is 17.9 Å². The number of aromatic nitrogens is 1. The minimum absolute atomic E-state index is 0. The Labute approximate surface area is 197 Å². The number of ether oxygens (including phenoxy) is 1. The Morgan fingerprint density at radius 3 is 2.61 bits per heavy atom. The number of aromatic amines is 1. The molecule has 0 saturated heterocycles. The fraction of sp³-hybridized carbons (Fsp3) is 0.217. The van der Waals surface area contributed by atoms with Crippen LogP contribution in [0.25, 0.3) is 21.8 Å². The van der Waals surface area contributed by atoms with E-state index in [4.69, 9.17) is 4.74 Å². The SMILES string of the molecule is CS(=O)(=O)Nc1cc([C@@H](O)CNCCOc2ccc3c(c2)[nH]c2ccccc23)ccc1F.Cl. The number of hydrogen-bond donors (Lipinski definition) is 4. The minimum atomic E-state index is -3.62. The normalized spacial score (nSPS) is 12.5. The fourth-order valence-corrected chi connectivity index (χ4v) is 4.11. The Morgan fingerprint density at radius 2 is 1.82 bits per heavy atom. The van der Waals surface area contributed by atoms with Crippen LogP contribution >= 0.6 is 12.4 Å². The van der Waals surface area contributed by atoms with Crippen molar-refractivity contribution >= 4 is 49.9 Å². The van der Waals surface area contributed by atoms with Gasteiger partial charge in [0.2, 0.25) is 10.0 Å². The molecular formula is C23H25ClFN3O4S. The third-order valence-corrected chi connectivity index (χ3v) is 5.62. The lowest BCUT2D eigenvalue weighted by molar-refractivity contribution is 0.172. The molecule has 4 N–H and O–H groups in total. The standard InChI is InChI=1S/C23H24FN3O4S.ClH/c1-32(29,30)27-22-12-15(6-9-19(22)24)23(28)14-25-10-11-31-16-7-8-18-17-4-2-3-5-20(17)26-21(18)13-16;/h2-9,12-13,23,25-28H,10-11,14H2,1H3;1H/t23-;/m0./s1. The molecule has 0 radical (unpaired) electrons. The van der Waals surface area contributed by atoms with E-state index in [1.807, 2.05) is 36.4 Å². The van der Waals surface area contributed by atoms with Gasteiger partial charge in [0, 0.05) is 35.4 Å². The van der Waals surface area contributed by atoms with Gasteiger partial charge in [-0.15, -0.1) is 12.4 Å². The van der Waals surface area contributed by atoms with Crippen molar-refractivity contribution in [1.82, 2.24) is 10.3 Å². The van der Waals surface area contributed by atoms with Crippen molar-refractivity contribution in [3.05, 3.63) is 72.0 Å². The van der Waals surface area contributed by atoms with E-state index in [2.05, 4.69) is 21.1 Å². The third-order valence-electron chi connectivity index (χ3n) is 5.03. The molecule has 0 aliphatic rings. The first kappa shape index (κ1) is 24.8. The number of para-hydroxylation sites is 1. The van der Waals surface area contributed by atoms with E-state index in [0.29, 0.717) is 18.7 Å². The highest BCUT2D eigenvalue weighted by molar-refractivity contribution is 7.92. The molecule has 0 aliphatic heterocycles. The number of H-pyrrole nitrogens is 1. The van der Waals surface area contributed by atoms with Gasteiger partial charge >= 0.3 is 0 Å². The van der Waals surface area contributed by atoms with E-state index in [1.54, 1.807) is 0 Å². The molecule has 0 fully saturated rings. The first-order valence-electron chi connectivity index (χ1n) is 10.1. The van der Waals surface area contributed by atoms with Crippen LogP contribution in [0.15, 0.2) is 60.7 Å². The summed E-state index contributed by atoms with van der Waals surface area (Å²) in [6.07, 6.45) is 0.00547. The zero-order valence-corrected chi connectivity index (χ0v) is 19.5. The third kappa shape index (κ3) is 6.14. The summed E-state index contributed by atoms with van der Waals surface area (Å²) in [4.78, 5) is 3.38. The van der Waals surface area contributed by atoms with Gasteiger partial charge < -0.3 is 20.1 Å². The number of aliphatic hydroxyl groups excluding tert-OH is 1. The molecule has 4 rings (SSSR count). The Balaban J connectivity index is 0.00000306. The molecule has 0 spiro atoms. The van der Waals surface area contributed by atoms with Gasteiger partial charge in [-0.3, -0.25) is 4.72 Å². The van der Waals surface area contributed by atoms with Gasteiger partial charge in [0.05, 0.1) is 23.6 Å². The predicted molar refractivity (Wildman–Crippen MR) is 131 cm³/mol. The van der Waals surface area contributed by atoms with Crippen molar-refractivity contribution in [2.45, 2.75) is 6.10 Å². The summed E-state index contributed by atoms with van der Waals surface area (Å²) in [7, 11) is -3.62. The average Bonchev–Trinajstić information content (AvgIpc) is 3.11. The van der Waals surface area contributed by atoms with Crippen LogP contribution in [0.4, 0.5) is 10.1 Å².